The minimum atomic E-state index is -3.34. The number of piperidine rings is 2. The number of sulfonamides is 1. The van der Waals surface area contributed by atoms with E-state index >= 15 is 0 Å². The summed E-state index contributed by atoms with van der Waals surface area (Å²) in [5, 5.41) is 0. The van der Waals surface area contributed by atoms with Gasteiger partial charge in [0, 0.05) is 44.6 Å². The second kappa shape index (κ2) is 9.28. The Morgan fingerprint density at radius 2 is 1.82 bits per heavy atom. The normalized spacial score (nSPS) is 21.8. The molecule has 2 fully saturated rings. The van der Waals surface area contributed by atoms with E-state index in [0.29, 0.717) is 31.0 Å². The molecule has 3 rings (SSSR count). The van der Waals surface area contributed by atoms with Crippen LogP contribution in [0.1, 0.15) is 48.3 Å². The smallest absolute Gasteiger partial charge is 0.257 e. The molecule has 3 heterocycles. The van der Waals surface area contributed by atoms with E-state index < -0.39 is 10.0 Å². The van der Waals surface area contributed by atoms with Gasteiger partial charge in [0.05, 0.1) is 11.8 Å². The summed E-state index contributed by atoms with van der Waals surface area (Å²) in [6.07, 6.45) is 9.55. The van der Waals surface area contributed by atoms with Crippen LogP contribution in [0.5, 0.6) is 0 Å². The molecule has 8 nitrogen and oxygen atoms in total. The summed E-state index contributed by atoms with van der Waals surface area (Å²) < 4.78 is 26.5. The molecule has 0 spiro atoms. The molecule has 0 saturated carbocycles. The van der Waals surface area contributed by atoms with E-state index in [-0.39, 0.29) is 11.9 Å². The molecule has 1 aromatic rings. The summed E-state index contributed by atoms with van der Waals surface area (Å²) in [4.78, 5) is 25.1. The van der Waals surface area contributed by atoms with Crippen molar-refractivity contribution in [3.8, 4) is 0 Å². The monoisotopic (exact) mass is 409 g/mol. The van der Waals surface area contributed by atoms with Crippen LogP contribution in [0.3, 0.4) is 0 Å². The first-order valence-electron chi connectivity index (χ1n) is 10.1. The Balaban J connectivity index is 1.66. The minimum absolute atomic E-state index is 0.130. The van der Waals surface area contributed by atoms with Gasteiger partial charge in [0.1, 0.15) is 5.82 Å². The zero-order valence-corrected chi connectivity index (χ0v) is 17.7. The summed E-state index contributed by atoms with van der Waals surface area (Å²) in [5.74, 6) is 0.489. The van der Waals surface area contributed by atoms with Crippen molar-refractivity contribution in [2.24, 2.45) is 0 Å². The lowest BCUT2D eigenvalue weighted by Crippen LogP contribution is -2.53. The Hall–Kier alpha value is -1.58. The van der Waals surface area contributed by atoms with Crippen LogP contribution in [0, 0.1) is 6.92 Å². The van der Waals surface area contributed by atoms with E-state index in [4.69, 9.17) is 0 Å². The summed E-state index contributed by atoms with van der Waals surface area (Å²) >= 11 is 0. The third-order valence-corrected chi connectivity index (χ3v) is 6.96. The molecule has 0 radical (unpaired) electrons. The summed E-state index contributed by atoms with van der Waals surface area (Å²) in [5.41, 5.74) is 0.450. The highest BCUT2D eigenvalue weighted by Crippen LogP contribution is 2.20. The molecule has 2 aliphatic rings. The maximum atomic E-state index is 12.8. The molecule has 0 bridgehead atoms. The Labute approximate surface area is 168 Å². The molecular weight excluding hydrogens is 378 g/mol. The molecule has 0 aliphatic carbocycles. The van der Waals surface area contributed by atoms with Gasteiger partial charge in [-0.05, 0) is 45.7 Å². The van der Waals surface area contributed by atoms with Gasteiger partial charge in [-0.2, -0.15) is 4.31 Å². The van der Waals surface area contributed by atoms with Crippen molar-refractivity contribution in [3.05, 3.63) is 23.8 Å². The molecule has 2 saturated heterocycles. The zero-order valence-electron chi connectivity index (χ0n) is 16.9. The van der Waals surface area contributed by atoms with Crippen LogP contribution in [0.15, 0.2) is 12.4 Å². The molecule has 0 N–H and O–H groups in total. The van der Waals surface area contributed by atoms with Crippen molar-refractivity contribution in [1.29, 1.82) is 0 Å². The number of nitrogens with zero attached hydrogens (tertiary/aromatic N) is 5. The maximum Gasteiger partial charge on any atom is 0.257 e. The number of amides is 1. The van der Waals surface area contributed by atoms with Crippen LogP contribution in [0.25, 0.3) is 0 Å². The van der Waals surface area contributed by atoms with Crippen molar-refractivity contribution in [2.75, 3.05) is 45.5 Å². The van der Waals surface area contributed by atoms with E-state index in [1.165, 1.54) is 25.5 Å². The molecular formula is C19H31N5O3S. The van der Waals surface area contributed by atoms with Gasteiger partial charge in [0.25, 0.3) is 5.91 Å². The molecule has 1 atom stereocenters. The first-order chi connectivity index (χ1) is 13.3. The van der Waals surface area contributed by atoms with Gasteiger partial charge in [-0.25, -0.2) is 18.4 Å². The fourth-order valence-corrected chi connectivity index (χ4v) is 5.23. The molecule has 156 valence electrons. The van der Waals surface area contributed by atoms with Crippen LogP contribution in [0.4, 0.5) is 0 Å². The predicted molar refractivity (Wildman–Crippen MR) is 108 cm³/mol. The number of hydrogen-bond acceptors (Lipinski definition) is 6. The van der Waals surface area contributed by atoms with E-state index in [1.54, 1.807) is 28.5 Å². The first kappa shape index (κ1) is 21.1. The van der Waals surface area contributed by atoms with Crippen LogP contribution in [0.2, 0.25) is 0 Å². The number of hydrogen-bond donors (Lipinski definition) is 0. The van der Waals surface area contributed by atoms with Gasteiger partial charge in [0.15, 0.2) is 0 Å². The second-order valence-corrected chi connectivity index (χ2v) is 9.78. The lowest BCUT2D eigenvalue weighted by Gasteiger charge is -2.39. The molecule has 1 unspecified atom stereocenters. The van der Waals surface area contributed by atoms with Crippen molar-refractivity contribution in [3.63, 3.8) is 0 Å². The van der Waals surface area contributed by atoms with Gasteiger partial charge in [0.2, 0.25) is 10.0 Å². The van der Waals surface area contributed by atoms with Gasteiger partial charge >= 0.3 is 0 Å². The lowest BCUT2D eigenvalue weighted by molar-refractivity contribution is 0.0646. The van der Waals surface area contributed by atoms with E-state index in [1.807, 2.05) is 0 Å². The minimum Gasteiger partial charge on any atom is -0.337 e. The Kier molecular flexibility index (Phi) is 7.00. The molecule has 28 heavy (non-hydrogen) atoms. The van der Waals surface area contributed by atoms with Gasteiger partial charge < -0.3 is 9.80 Å². The van der Waals surface area contributed by atoms with Crippen molar-refractivity contribution < 1.29 is 13.2 Å². The molecule has 2 aliphatic heterocycles. The Bertz CT molecular complexity index is 762. The quantitative estimate of drug-likeness (QED) is 0.700. The fraction of sp³-hybridized carbons (Fsp3) is 0.737. The highest BCUT2D eigenvalue weighted by Gasteiger charge is 2.33. The third kappa shape index (κ3) is 5.48. The van der Waals surface area contributed by atoms with Gasteiger partial charge in [-0.3, -0.25) is 4.79 Å². The number of carbonyl (C=O) groups excluding carboxylic acids is 1. The van der Waals surface area contributed by atoms with E-state index in [9.17, 15) is 13.2 Å². The van der Waals surface area contributed by atoms with Crippen LogP contribution in [-0.4, -0.2) is 90.0 Å². The van der Waals surface area contributed by atoms with Crippen molar-refractivity contribution in [1.82, 2.24) is 24.1 Å². The molecule has 9 heteroatoms. The van der Waals surface area contributed by atoms with E-state index in [0.717, 1.165) is 32.5 Å². The SMILES string of the molecule is Cc1ncc(C(=O)N2CCCC(N(CCN3CCCCC3)S(C)(=O)=O)C2)cn1. The average Bonchev–Trinajstić information content (AvgIpc) is 2.68. The predicted octanol–water partition coefficient (Wildman–Crippen LogP) is 1.14. The largest absolute Gasteiger partial charge is 0.337 e. The summed E-state index contributed by atoms with van der Waals surface area (Å²) in [7, 11) is -3.34. The highest BCUT2D eigenvalue weighted by atomic mass is 32.2. The Morgan fingerprint density at radius 1 is 1.14 bits per heavy atom. The standard InChI is InChI=1S/C19H31N5O3S/c1-16-20-13-17(14-21-16)19(25)23-10-6-7-18(15-23)24(28(2,26)27)12-11-22-8-4-3-5-9-22/h13-14,18H,3-12,15H2,1-2H3. The lowest BCUT2D eigenvalue weighted by atomic mass is 10.0. The van der Waals surface area contributed by atoms with Crippen LogP contribution in [-0.2, 0) is 10.0 Å². The highest BCUT2D eigenvalue weighted by molar-refractivity contribution is 7.88. The second-order valence-electron chi connectivity index (χ2n) is 7.84. The number of aromatic nitrogens is 2. The van der Waals surface area contributed by atoms with E-state index in [2.05, 4.69) is 14.9 Å². The zero-order chi connectivity index (χ0) is 20.1. The number of likely N-dealkylation sites (tertiary alicyclic amines) is 2. The van der Waals surface area contributed by atoms with Crippen LogP contribution >= 0.6 is 0 Å². The fourth-order valence-electron chi connectivity index (χ4n) is 4.10. The Morgan fingerprint density at radius 3 is 2.46 bits per heavy atom. The number of aryl methyl sites for hydroxylation is 1. The summed E-state index contributed by atoms with van der Waals surface area (Å²) in [6.45, 7) is 6.15. The summed E-state index contributed by atoms with van der Waals surface area (Å²) in [6, 6.07) is -0.177. The number of rotatable bonds is 6. The molecule has 1 aromatic heterocycles. The average molecular weight is 410 g/mol. The number of carbonyl (C=O) groups is 1. The van der Waals surface area contributed by atoms with Crippen LogP contribution < -0.4 is 0 Å². The molecule has 0 aromatic carbocycles. The topological polar surface area (TPSA) is 86.7 Å². The van der Waals surface area contributed by atoms with Gasteiger partial charge in [-0.15, -0.1) is 0 Å². The third-order valence-electron chi connectivity index (χ3n) is 5.63. The van der Waals surface area contributed by atoms with Crippen molar-refractivity contribution >= 4 is 15.9 Å². The van der Waals surface area contributed by atoms with Crippen molar-refractivity contribution in [2.45, 2.75) is 45.1 Å². The molecule has 1 amide bonds. The maximum absolute atomic E-state index is 12.8. The van der Waals surface area contributed by atoms with Gasteiger partial charge in [-0.1, -0.05) is 6.42 Å². The first-order valence-corrected chi connectivity index (χ1v) is 12.0.